The van der Waals surface area contributed by atoms with Gasteiger partial charge in [0.2, 0.25) is 0 Å². The SMILES string of the molecule is C=CCn1nc(CNC)c2ccccc21. The molecule has 0 radical (unpaired) electrons. The Bertz CT molecular complexity index is 471. The van der Waals surface area contributed by atoms with Gasteiger partial charge >= 0.3 is 0 Å². The predicted octanol–water partition coefficient (Wildman–Crippen LogP) is 1.94. The zero-order valence-electron chi connectivity index (χ0n) is 8.90. The summed E-state index contributed by atoms with van der Waals surface area (Å²) in [6.45, 7) is 5.29. The first-order valence-electron chi connectivity index (χ1n) is 5.06. The number of fused-ring (bicyclic) bond motifs is 1. The average Bonchev–Trinajstić information content (AvgIpc) is 2.59. The summed E-state index contributed by atoms with van der Waals surface area (Å²) >= 11 is 0. The van der Waals surface area contributed by atoms with Crippen LogP contribution >= 0.6 is 0 Å². The third kappa shape index (κ3) is 1.78. The van der Waals surface area contributed by atoms with Crippen molar-refractivity contribution >= 4 is 10.9 Å². The van der Waals surface area contributed by atoms with Crippen LogP contribution in [0.2, 0.25) is 0 Å². The molecule has 0 fully saturated rings. The average molecular weight is 201 g/mol. The summed E-state index contributed by atoms with van der Waals surface area (Å²) in [6, 6.07) is 8.27. The first kappa shape index (κ1) is 9.93. The number of nitrogens with zero attached hydrogens (tertiary/aromatic N) is 2. The summed E-state index contributed by atoms with van der Waals surface area (Å²) < 4.78 is 1.98. The second-order valence-corrected chi connectivity index (χ2v) is 3.46. The van der Waals surface area contributed by atoms with Gasteiger partial charge in [0.25, 0.3) is 0 Å². The molecule has 0 spiro atoms. The van der Waals surface area contributed by atoms with E-state index in [1.54, 1.807) is 0 Å². The first-order chi connectivity index (χ1) is 7.36. The number of hydrogen-bond acceptors (Lipinski definition) is 2. The van der Waals surface area contributed by atoms with Crippen molar-refractivity contribution in [2.45, 2.75) is 13.1 Å². The number of benzene rings is 1. The molecule has 2 rings (SSSR count). The lowest BCUT2D eigenvalue weighted by Gasteiger charge is -1.96. The van der Waals surface area contributed by atoms with E-state index in [0.717, 1.165) is 18.8 Å². The topological polar surface area (TPSA) is 29.9 Å². The van der Waals surface area contributed by atoms with Gasteiger partial charge in [-0.15, -0.1) is 6.58 Å². The Hall–Kier alpha value is -1.61. The number of para-hydroxylation sites is 1. The Morgan fingerprint density at radius 2 is 2.27 bits per heavy atom. The predicted molar refractivity (Wildman–Crippen MR) is 62.7 cm³/mol. The van der Waals surface area contributed by atoms with Gasteiger partial charge < -0.3 is 5.32 Å². The van der Waals surface area contributed by atoms with E-state index in [1.165, 1.54) is 10.9 Å². The lowest BCUT2D eigenvalue weighted by Crippen LogP contribution is -2.06. The third-order valence-corrected chi connectivity index (χ3v) is 2.38. The molecule has 0 atom stereocenters. The largest absolute Gasteiger partial charge is 0.314 e. The minimum atomic E-state index is 0.754. The molecule has 1 aromatic carbocycles. The highest BCUT2D eigenvalue weighted by atomic mass is 15.3. The number of nitrogens with one attached hydrogen (secondary N) is 1. The van der Waals surface area contributed by atoms with Crippen molar-refractivity contribution in [1.82, 2.24) is 15.1 Å². The second kappa shape index (κ2) is 4.28. The summed E-state index contributed by atoms with van der Waals surface area (Å²) in [5.74, 6) is 0. The molecule has 0 aliphatic carbocycles. The molecule has 0 saturated carbocycles. The van der Waals surface area contributed by atoms with Crippen molar-refractivity contribution in [2.75, 3.05) is 7.05 Å². The van der Waals surface area contributed by atoms with Crippen LogP contribution in [-0.2, 0) is 13.1 Å². The number of rotatable bonds is 4. The zero-order chi connectivity index (χ0) is 10.7. The summed E-state index contributed by atoms with van der Waals surface area (Å²) in [7, 11) is 1.93. The molecule has 0 saturated heterocycles. The molecule has 0 aliphatic rings. The van der Waals surface area contributed by atoms with Crippen LogP contribution in [0.3, 0.4) is 0 Å². The Kier molecular flexibility index (Phi) is 2.83. The van der Waals surface area contributed by atoms with Crippen LogP contribution in [0.5, 0.6) is 0 Å². The van der Waals surface area contributed by atoms with Gasteiger partial charge in [-0.3, -0.25) is 4.68 Å². The maximum atomic E-state index is 4.55. The molecule has 15 heavy (non-hydrogen) atoms. The van der Waals surface area contributed by atoms with Crippen LogP contribution in [0.1, 0.15) is 5.69 Å². The van der Waals surface area contributed by atoms with Gasteiger partial charge in [-0.2, -0.15) is 5.10 Å². The minimum absolute atomic E-state index is 0.754. The van der Waals surface area contributed by atoms with Gasteiger partial charge in [-0.25, -0.2) is 0 Å². The Morgan fingerprint density at radius 3 is 3.00 bits per heavy atom. The van der Waals surface area contributed by atoms with Crippen LogP contribution in [0.25, 0.3) is 10.9 Å². The molecule has 2 aromatic rings. The fourth-order valence-electron chi connectivity index (χ4n) is 1.76. The second-order valence-electron chi connectivity index (χ2n) is 3.46. The molecule has 78 valence electrons. The van der Waals surface area contributed by atoms with E-state index in [-0.39, 0.29) is 0 Å². The van der Waals surface area contributed by atoms with Crippen LogP contribution < -0.4 is 5.32 Å². The van der Waals surface area contributed by atoms with E-state index in [2.05, 4.69) is 29.1 Å². The molecule has 1 N–H and O–H groups in total. The monoisotopic (exact) mass is 201 g/mol. The fraction of sp³-hybridized carbons (Fsp3) is 0.250. The molecule has 0 amide bonds. The Labute approximate surface area is 89.4 Å². The summed E-state index contributed by atoms with van der Waals surface area (Å²) in [6.07, 6.45) is 1.86. The zero-order valence-corrected chi connectivity index (χ0v) is 8.90. The molecule has 0 aliphatic heterocycles. The lowest BCUT2D eigenvalue weighted by atomic mass is 10.2. The van der Waals surface area contributed by atoms with Crippen molar-refractivity contribution < 1.29 is 0 Å². The van der Waals surface area contributed by atoms with Crippen molar-refractivity contribution in [2.24, 2.45) is 0 Å². The van der Waals surface area contributed by atoms with Gasteiger partial charge in [0.05, 0.1) is 17.8 Å². The van der Waals surface area contributed by atoms with Crippen LogP contribution in [0.4, 0.5) is 0 Å². The minimum Gasteiger partial charge on any atom is -0.314 e. The maximum absolute atomic E-state index is 4.55. The summed E-state index contributed by atoms with van der Waals surface area (Å²) in [4.78, 5) is 0. The number of allylic oxidation sites excluding steroid dienone is 1. The quantitative estimate of drug-likeness (QED) is 0.766. The molecular weight excluding hydrogens is 186 g/mol. The van der Waals surface area contributed by atoms with E-state index < -0.39 is 0 Å². The fourth-order valence-corrected chi connectivity index (χ4v) is 1.76. The first-order valence-corrected chi connectivity index (χ1v) is 5.06. The highest BCUT2D eigenvalue weighted by Crippen LogP contribution is 2.18. The number of aromatic nitrogens is 2. The molecule has 3 heteroatoms. The van der Waals surface area contributed by atoms with Gasteiger partial charge in [0.1, 0.15) is 0 Å². The maximum Gasteiger partial charge on any atom is 0.0841 e. The van der Waals surface area contributed by atoms with E-state index >= 15 is 0 Å². The molecule has 1 aromatic heterocycles. The molecule has 0 unspecified atom stereocenters. The van der Waals surface area contributed by atoms with Crippen molar-refractivity contribution in [1.29, 1.82) is 0 Å². The van der Waals surface area contributed by atoms with Crippen molar-refractivity contribution in [3.05, 3.63) is 42.6 Å². The third-order valence-electron chi connectivity index (χ3n) is 2.38. The lowest BCUT2D eigenvalue weighted by molar-refractivity contribution is 0.688. The van der Waals surface area contributed by atoms with Crippen LogP contribution in [0, 0.1) is 0 Å². The standard InChI is InChI=1S/C12H15N3/c1-3-8-15-12-7-5-4-6-10(12)11(14-15)9-13-2/h3-7,13H,1,8-9H2,2H3. The van der Waals surface area contributed by atoms with E-state index in [0.29, 0.717) is 0 Å². The van der Waals surface area contributed by atoms with Crippen LogP contribution in [0.15, 0.2) is 36.9 Å². The van der Waals surface area contributed by atoms with E-state index in [4.69, 9.17) is 0 Å². The highest BCUT2D eigenvalue weighted by Gasteiger charge is 2.07. The molecule has 1 heterocycles. The van der Waals surface area contributed by atoms with Crippen LogP contribution in [-0.4, -0.2) is 16.8 Å². The summed E-state index contributed by atoms with van der Waals surface area (Å²) in [5, 5.41) is 8.90. The molecule has 0 bridgehead atoms. The van der Waals surface area contributed by atoms with Crippen molar-refractivity contribution in [3.8, 4) is 0 Å². The molecular formula is C12H15N3. The van der Waals surface area contributed by atoms with Crippen molar-refractivity contribution in [3.63, 3.8) is 0 Å². The Morgan fingerprint density at radius 1 is 1.47 bits per heavy atom. The molecule has 3 nitrogen and oxygen atoms in total. The highest BCUT2D eigenvalue weighted by molar-refractivity contribution is 5.81. The summed E-state index contributed by atoms with van der Waals surface area (Å²) in [5.41, 5.74) is 2.26. The van der Waals surface area contributed by atoms with E-state index in [9.17, 15) is 0 Å². The normalized spacial score (nSPS) is 10.7. The van der Waals surface area contributed by atoms with Gasteiger partial charge in [0, 0.05) is 11.9 Å². The van der Waals surface area contributed by atoms with Gasteiger partial charge in [0.15, 0.2) is 0 Å². The Balaban J connectivity index is 2.56. The van der Waals surface area contributed by atoms with Gasteiger partial charge in [-0.05, 0) is 13.1 Å². The van der Waals surface area contributed by atoms with Gasteiger partial charge in [-0.1, -0.05) is 24.3 Å². The number of hydrogen-bond donors (Lipinski definition) is 1. The van der Waals surface area contributed by atoms with E-state index in [1.807, 2.05) is 29.9 Å². The smallest absolute Gasteiger partial charge is 0.0841 e.